The van der Waals surface area contributed by atoms with Crippen molar-refractivity contribution in [2.24, 2.45) is 10.7 Å². The average molecular weight is 347 g/mol. The lowest BCUT2D eigenvalue weighted by Gasteiger charge is -2.19. The molecule has 3 N–H and O–H groups in total. The number of guanidine groups is 1. The van der Waals surface area contributed by atoms with Crippen molar-refractivity contribution in [1.82, 2.24) is 5.32 Å². The van der Waals surface area contributed by atoms with Gasteiger partial charge in [-0.3, -0.25) is 4.99 Å². The van der Waals surface area contributed by atoms with Gasteiger partial charge in [-0.25, -0.2) is 0 Å². The number of nitrogens with zero attached hydrogens (tertiary/aromatic N) is 1. The summed E-state index contributed by atoms with van der Waals surface area (Å²) in [6.07, 6.45) is 2.07. The molecule has 0 heterocycles. The fourth-order valence-corrected chi connectivity index (χ4v) is 0.871. The number of ether oxygens (including phenoxy) is 1. The molecule has 0 spiro atoms. The van der Waals surface area contributed by atoms with E-state index < -0.39 is 0 Å². The minimum absolute atomic E-state index is 0. The summed E-state index contributed by atoms with van der Waals surface area (Å²) in [5.74, 6) is 0.490. The van der Waals surface area contributed by atoms with E-state index in [4.69, 9.17) is 10.5 Å². The Morgan fingerprint density at radius 3 is 2.60 bits per heavy atom. The summed E-state index contributed by atoms with van der Waals surface area (Å²) in [5, 5.41) is 2.97. The Labute approximate surface area is 114 Å². The van der Waals surface area contributed by atoms with Crippen LogP contribution < -0.4 is 11.1 Å². The van der Waals surface area contributed by atoms with Crippen LogP contribution in [-0.2, 0) is 4.74 Å². The Hall–Kier alpha value is 0.310. The number of nitrogens with two attached hydrogens (primary N) is 1. The van der Waals surface area contributed by atoms with Gasteiger partial charge in [0.05, 0.1) is 13.2 Å². The van der Waals surface area contributed by atoms with Crippen LogP contribution >= 0.6 is 35.7 Å². The molecule has 0 aromatic carbocycles. The summed E-state index contributed by atoms with van der Waals surface area (Å²) in [6, 6.07) is 0. The lowest BCUT2D eigenvalue weighted by atomic mass is 10.2. The molecule has 4 nitrogen and oxygen atoms in total. The van der Waals surface area contributed by atoms with Crippen LogP contribution in [0.2, 0.25) is 0 Å². The van der Waals surface area contributed by atoms with Gasteiger partial charge in [0.15, 0.2) is 5.96 Å². The fourth-order valence-electron chi connectivity index (χ4n) is 0.677. The van der Waals surface area contributed by atoms with Crippen molar-refractivity contribution in [3.05, 3.63) is 0 Å². The molecule has 0 amide bonds. The largest absolute Gasteiger partial charge is 0.383 e. The number of aliphatic imine (C=N–C) groups is 1. The average Bonchev–Trinajstić information content (AvgIpc) is 2.16. The van der Waals surface area contributed by atoms with Gasteiger partial charge >= 0.3 is 0 Å². The number of halogens is 1. The molecule has 0 saturated heterocycles. The Balaban J connectivity index is 0. The van der Waals surface area contributed by atoms with Crippen molar-refractivity contribution in [1.29, 1.82) is 0 Å². The van der Waals surface area contributed by atoms with Crippen LogP contribution in [0.4, 0.5) is 0 Å². The third-order valence-electron chi connectivity index (χ3n) is 1.80. The zero-order chi connectivity index (χ0) is 11.0. The van der Waals surface area contributed by atoms with E-state index >= 15 is 0 Å². The Bertz CT molecular complexity index is 188. The molecule has 0 atom stereocenters. The van der Waals surface area contributed by atoms with Crippen LogP contribution in [0.15, 0.2) is 4.99 Å². The Morgan fingerprint density at radius 1 is 1.53 bits per heavy atom. The molecule has 0 radical (unpaired) electrons. The van der Waals surface area contributed by atoms with Crippen molar-refractivity contribution in [2.75, 3.05) is 33.1 Å². The van der Waals surface area contributed by atoms with Gasteiger partial charge in [-0.2, -0.15) is 11.8 Å². The van der Waals surface area contributed by atoms with E-state index in [2.05, 4.69) is 30.4 Å². The molecule has 0 aromatic rings. The molecule has 0 aliphatic rings. The van der Waals surface area contributed by atoms with Crippen LogP contribution in [0.5, 0.6) is 0 Å². The van der Waals surface area contributed by atoms with Gasteiger partial charge in [-0.15, -0.1) is 24.0 Å². The van der Waals surface area contributed by atoms with E-state index in [1.54, 1.807) is 18.9 Å². The minimum Gasteiger partial charge on any atom is -0.383 e. The molecule has 0 bridgehead atoms. The quantitative estimate of drug-likeness (QED) is 0.329. The van der Waals surface area contributed by atoms with E-state index in [0.717, 1.165) is 6.54 Å². The summed E-state index contributed by atoms with van der Waals surface area (Å²) < 4.78 is 5.03. The molecular formula is C9H22IN3OS. The predicted octanol–water partition coefficient (Wildman–Crippen LogP) is 1.30. The van der Waals surface area contributed by atoms with Crippen LogP contribution in [0, 0.1) is 0 Å². The van der Waals surface area contributed by atoms with E-state index in [-0.39, 0.29) is 28.7 Å². The van der Waals surface area contributed by atoms with Gasteiger partial charge in [0.2, 0.25) is 0 Å². The molecule has 0 unspecified atom stereocenters. The topological polar surface area (TPSA) is 59.6 Å². The summed E-state index contributed by atoms with van der Waals surface area (Å²) in [7, 11) is 1.66. The van der Waals surface area contributed by atoms with Crippen LogP contribution in [-0.4, -0.2) is 43.8 Å². The zero-order valence-electron chi connectivity index (χ0n) is 9.87. The molecule has 0 rings (SSSR count). The highest BCUT2D eigenvalue weighted by Gasteiger charge is 2.14. The normalized spacial score (nSPS) is 12.1. The Morgan fingerprint density at radius 2 is 2.13 bits per heavy atom. The monoisotopic (exact) mass is 347 g/mol. The standard InChI is InChI=1S/C9H21N3OS.HI/c1-9(2,14-4)7-12-8(10)11-5-6-13-3;/h5-7H2,1-4H3,(H3,10,11,12);1H. The number of thioether (sulfide) groups is 1. The summed E-state index contributed by atoms with van der Waals surface area (Å²) >= 11 is 1.78. The highest BCUT2D eigenvalue weighted by Crippen LogP contribution is 2.20. The number of hydrogen-bond acceptors (Lipinski definition) is 3. The van der Waals surface area contributed by atoms with Crippen molar-refractivity contribution >= 4 is 41.7 Å². The second-order valence-corrected chi connectivity index (χ2v) is 5.10. The van der Waals surface area contributed by atoms with Crippen LogP contribution in [0.25, 0.3) is 0 Å². The third kappa shape index (κ3) is 10.6. The van der Waals surface area contributed by atoms with E-state index in [1.807, 2.05) is 0 Å². The first kappa shape index (κ1) is 17.7. The smallest absolute Gasteiger partial charge is 0.188 e. The first-order chi connectivity index (χ1) is 6.52. The van der Waals surface area contributed by atoms with Gasteiger partial charge < -0.3 is 15.8 Å². The van der Waals surface area contributed by atoms with Crippen molar-refractivity contribution < 1.29 is 4.74 Å². The first-order valence-corrected chi connectivity index (χ1v) is 5.82. The molecule has 92 valence electrons. The molecular weight excluding hydrogens is 325 g/mol. The van der Waals surface area contributed by atoms with Crippen molar-refractivity contribution in [3.8, 4) is 0 Å². The SMILES string of the molecule is COCCNC(N)=NCC(C)(C)SC.I. The first-order valence-electron chi connectivity index (χ1n) is 4.59. The van der Waals surface area contributed by atoms with E-state index in [1.165, 1.54) is 0 Å². The van der Waals surface area contributed by atoms with Gasteiger partial charge in [-0.05, 0) is 20.1 Å². The highest BCUT2D eigenvalue weighted by atomic mass is 127. The number of hydrogen-bond donors (Lipinski definition) is 2. The third-order valence-corrected chi connectivity index (χ3v) is 3.03. The van der Waals surface area contributed by atoms with E-state index in [9.17, 15) is 0 Å². The molecule has 0 aromatic heterocycles. The maximum atomic E-state index is 5.65. The van der Waals surface area contributed by atoms with Gasteiger partial charge in [0.25, 0.3) is 0 Å². The lowest BCUT2D eigenvalue weighted by Crippen LogP contribution is -2.35. The molecule has 6 heteroatoms. The van der Waals surface area contributed by atoms with Crippen molar-refractivity contribution in [3.63, 3.8) is 0 Å². The predicted molar refractivity (Wildman–Crippen MR) is 79.4 cm³/mol. The fraction of sp³-hybridized carbons (Fsp3) is 0.889. The number of rotatable bonds is 6. The number of methoxy groups -OCH3 is 1. The Kier molecular flexibility index (Phi) is 11.2. The molecule has 0 fully saturated rings. The second-order valence-electron chi connectivity index (χ2n) is 3.58. The highest BCUT2D eigenvalue weighted by molar-refractivity contribution is 14.0. The lowest BCUT2D eigenvalue weighted by molar-refractivity contribution is 0.204. The van der Waals surface area contributed by atoms with Gasteiger partial charge in [0, 0.05) is 18.4 Å². The summed E-state index contributed by atoms with van der Waals surface area (Å²) in [4.78, 5) is 4.25. The van der Waals surface area contributed by atoms with Gasteiger partial charge in [0.1, 0.15) is 0 Å². The molecule has 0 aliphatic heterocycles. The van der Waals surface area contributed by atoms with Gasteiger partial charge in [-0.1, -0.05) is 0 Å². The minimum atomic E-state index is 0. The van der Waals surface area contributed by atoms with E-state index in [0.29, 0.717) is 19.1 Å². The zero-order valence-corrected chi connectivity index (χ0v) is 13.0. The summed E-state index contributed by atoms with van der Waals surface area (Å²) in [6.45, 7) is 6.35. The molecule has 15 heavy (non-hydrogen) atoms. The maximum absolute atomic E-state index is 5.65. The van der Waals surface area contributed by atoms with Crippen LogP contribution in [0.3, 0.4) is 0 Å². The van der Waals surface area contributed by atoms with Crippen LogP contribution in [0.1, 0.15) is 13.8 Å². The maximum Gasteiger partial charge on any atom is 0.188 e. The molecule has 0 saturated carbocycles. The summed E-state index contributed by atoms with van der Waals surface area (Å²) in [5.41, 5.74) is 5.65. The molecule has 0 aliphatic carbocycles. The van der Waals surface area contributed by atoms with Crippen molar-refractivity contribution in [2.45, 2.75) is 18.6 Å². The second kappa shape index (κ2) is 9.53. The number of nitrogens with one attached hydrogen (secondary N) is 1.